The quantitative estimate of drug-likeness (QED) is 0.879. The molecule has 3 N–H and O–H groups in total. The molecule has 3 nitrogen and oxygen atoms in total. The minimum absolute atomic E-state index is 0.626. The van der Waals surface area contributed by atoms with Crippen LogP contribution < -0.4 is 5.73 Å². The number of rotatable bonds is 4. The van der Waals surface area contributed by atoms with Gasteiger partial charge in [0.2, 0.25) is 0 Å². The van der Waals surface area contributed by atoms with Crippen LogP contribution in [-0.4, -0.2) is 29.5 Å². The van der Waals surface area contributed by atoms with Gasteiger partial charge in [0.15, 0.2) is 0 Å². The van der Waals surface area contributed by atoms with Crippen molar-refractivity contribution in [1.29, 1.82) is 0 Å². The fraction of sp³-hybridized carbons (Fsp3) is 0.529. The van der Waals surface area contributed by atoms with Gasteiger partial charge >= 0.3 is 0 Å². The summed E-state index contributed by atoms with van der Waals surface area (Å²) in [5.41, 5.74) is 8.56. The molecule has 1 fully saturated rings. The Balaban J connectivity index is 1.79. The van der Waals surface area contributed by atoms with E-state index in [2.05, 4.69) is 57.3 Å². The molecular weight excluding hydrogens is 326 g/mol. The molecule has 2 aromatic rings. The second-order valence-electron chi connectivity index (χ2n) is 6.27. The van der Waals surface area contributed by atoms with Crippen LogP contribution in [0.1, 0.15) is 31.2 Å². The molecule has 1 aromatic heterocycles. The van der Waals surface area contributed by atoms with Crippen molar-refractivity contribution in [3.63, 3.8) is 0 Å². The van der Waals surface area contributed by atoms with Gasteiger partial charge in [-0.3, -0.25) is 4.90 Å². The molecule has 0 saturated heterocycles. The van der Waals surface area contributed by atoms with Crippen molar-refractivity contribution in [1.82, 2.24) is 9.88 Å². The van der Waals surface area contributed by atoms with Gasteiger partial charge in [0.1, 0.15) is 0 Å². The van der Waals surface area contributed by atoms with Gasteiger partial charge in [-0.25, -0.2) is 0 Å². The van der Waals surface area contributed by atoms with E-state index in [1.165, 1.54) is 42.1 Å². The molecule has 2 atom stereocenters. The number of nitrogens with one attached hydrogen (secondary N) is 1. The lowest BCUT2D eigenvalue weighted by atomic mass is 9.83. The molecule has 4 heteroatoms. The largest absolute Gasteiger partial charge is 0.361 e. The van der Waals surface area contributed by atoms with Crippen LogP contribution in [0.25, 0.3) is 10.9 Å². The molecule has 1 aliphatic rings. The van der Waals surface area contributed by atoms with Crippen molar-refractivity contribution in [2.24, 2.45) is 11.7 Å². The smallest absolute Gasteiger partial charge is 0.0458 e. The lowest BCUT2D eigenvalue weighted by Crippen LogP contribution is -2.42. The summed E-state index contributed by atoms with van der Waals surface area (Å²) in [7, 11) is 2.25. The second kappa shape index (κ2) is 6.51. The fourth-order valence-corrected chi connectivity index (χ4v) is 4.07. The van der Waals surface area contributed by atoms with Crippen LogP contribution in [-0.2, 0) is 6.54 Å². The third kappa shape index (κ3) is 3.17. The number of halogens is 1. The number of nitrogens with two attached hydrogens (primary N) is 1. The van der Waals surface area contributed by atoms with Crippen molar-refractivity contribution >= 4 is 26.8 Å². The van der Waals surface area contributed by atoms with E-state index in [0.717, 1.165) is 17.6 Å². The van der Waals surface area contributed by atoms with Gasteiger partial charge < -0.3 is 10.7 Å². The number of aromatic amines is 1. The van der Waals surface area contributed by atoms with Crippen LogP contribution >= 0.6 is 15.9 Å². The maximum atomic E-state index is 5.98. The Morgan fingerprint density at radius 3 is 2.95 bits per heavy atom. The first-order valence-corrected chi connectivity index (χ1v) is 8.64. The van der Waals surface area contributed by atoms with E-state index < -0.39 is 0 Å². The highest BCUT2D eigenvalue weighted by Gasteiger charge is 2.27. The molecule has 1 aromatic carbocycles. The summed E-state index contributed by atoms with van der Waals surface area (Å²) in [5.74, 6) is 0.653. The number of hydrogen-bond acceptors (Lipinski definition) is 2. The SMILES string of the molecule is CN(Cc1c[nH]c2ccc(Br)cc12)C1CCCCC1CN. The molecule has 0 aliphatic heterocycles. The number of nitrogens with zero attached hydrogens (tertiary/aromatic N) is 1. The van der Waals surface area contributed by atoms with Crippen LogP contribution in [0, 0.1) is 5.92 Å². The highest BCUT2D eigenvalue weighted by atomic mass is 79.9. The van der Waals surface area contributed by atoms with Crippen molar-refractivity contribution < 1.29 is 0 Å². The standard InChI is InChI=1S/C17H24BrN3/c1-21(17-5-3-2-4-12(17)9-19)11-13-10-20-16-7-6-14(18)8-15(13)16/h6-8,10,12,17,20H,2-5,9,11,19H2,1H3. The number of benzene rings is 1. The van der Waals surface area contributed by atoms with E-state index >= 15 is 0 Å². The summed E-state index contributed by atoms with van der Waals surface area (Å²) in [6.45, 7) is 1.80. The minimum atomic E-state index is 0.626. The van der Waals surface area contributed by atoms with Gasteiger partial charge in [-0.2, -0.15) is 0 Å². The highest BCUT2D eigenvalue weighted by molar-refractivity contribution is 9.10. The van der Waals surface area contributed by atoms with E-state index in [0.29, 0.717) is 12.0 Å². The third-order valence-corrected chi connectivity index (χ3v) is 5.38. The lowest BCUT2D eigenvalue weighted by Gasteiger charge is -2.37. The fourth-order valence-electron chi connectivity index (χ4n) is 3.71. The molecule has 0 spiro atoms. The van der Waals surface area contributed by atoms with Gasteiger partial charge in [-0.05, 0) is 56.1 Å². The predicted molar refractivity (Wildman–Crippen MR) is 92.3 cm³/mol. The van der Waals surface area contributed by atoms with E-state index in [4.69, 9.17) is 5.73 Å². The average Bonchev–Trinajstić information content (AvgIpc) is 2.89. The van der Waals surface area contributed by atoms with Crippen LogP contribution in [0.2, 0.25) is 0 Å². The summed E-state index contributed by atoms with van der Waals surface area (Å²) in [6.07, 6.45) is 7.39. The molecule has 1 heterocycles. The Kier molecular flexibility index (Phi) is 4.67. The molecule has 3 rings (SSSR count). The summed E-state index contributed by atoms with van der Waals surface area (Å²) in [4.78, 5) is 5.88. The van der Waals surface area contributed by atoms with Crippen molar-refractivity contribution in [3.05, 3.63) is 34.4 Å². The van der Waals surface area contributed by atoms with E-state index in [-0.39, 0.29) is 0 Å². The molecule has 2 unspecified atom stereocenters. The Bertz CT molecular complexity index is 607. The average molecular weight is 350 g/mol. The Hall–Kier alpha value is -0.840. The third-order valence-electron chi connectivity index (χ3n) is 4.89. The first-order valence-electron chi connectivity index (χ1n) is 7.85. The van der Waals surface area contributed by atoms with Crippen molar-refractivity contribution in [2.75, 3.05) is 13.6 Å². The molecule has 0 radical (unpaired) electrons. The maximum absolute atomic E-state index is 5.98. The van der Waals surface area contributed by atoms with Crippen LogP contribution in [0.3, 0.4) is 0 Å². The normalized spacial score (nSPS) is 23.0. The van der Waals surface area contributed by atoms with Gasteiger partial charge in [-0.15, -0.1) is 0 Å². The molecule has 1 saturated carbocycles. The summed E-state index contributed by atoms with van der Waals surface area (Å²) in [5, 5.41) is 1.32. The number of aromatic nitrogens is 1. The molecule has 1 aliphatic carbocycles. The van der Waals surface area contributed by atoms with Crippen LogP contribution in [0.5, 0.6) is 0 Å². The first-order chi connectivity index (χ1) is 10.2. The zero-order valence-electron chi connectivity index (χ0n) is 12.6. The Labute approximate surface area is 135 Å². The zero-order valence-corrected chi connectivity index (χ0v) is 14.2. The van der Waals surface area contributed by atoms with Crippen LogP contribution in [0.4, 0.5) is 0 Å². The molecular formula is C17H24BrN3. The topological polar surface area (TPSA) is 45.0 Å². The van der Waals surface area contributed by atoms with Gasteiger partial charge in [-0.1, -0.05) is 28.8 Å². The second-order valence-corrected chi connectivity index (χ2v) is 7.18. The van der Waals surface area contributed by atoms with Gasteiger partial charge in [0, 0.05) is 34.2 Å². The zero-order chi connectivity index (χ0) is 14.8. The monoisotopic (exact) mass is 349 g/mol. The Morgan fingerprint density at radius 2 is 2.14 bits per heavy atom. The first kappa shape index (κ1) is 15.1. The van der Waals surface area contributed by atoms with Gasteiger partial charge in [0.25, 0.3) is 0 Å². The number of H-pyrrole nitrogens is 1. The highest BCUT2D eigenvalue weighted by Crippen LogP contribution is 2.29. The molecule has 114 valence electrons. The summed E-state index contributed by atoms with van der Waals surface area (Å²) < 4.78 is 1.14. The van der Waals surface area contributed by atoms with Gasteiger partial charge in [0.05, 0.1) is 0 Å². The number of hydrogen-bond donors (Lipinski definition) is 2. The molecule has 21 heavy (non-hydrogen) atoms. The maximum Gasteiger partial charge on any atom is 0.0458 e. The number of fused-ring (bicyclic) bond motifs is 1. The van der Waals surface area contributed by atoms with E-state index in [9.17, 15) is 0 Å². The summed E-state index contributed by atoms with van der Waals surface area (Å²) in [6, 6.07) is 7.04. The molecule has 0 amide bonds. The van der Waals surface area contributed by atoms with Crippen molar-refractivity contribution in [2.45, 2.75) is 38.3 Å². The van der Waals surface area contributed by atoms with Crippen molar-refractivity contribution in [3.8, 4) is 0 Å². The molecule has 0 bridgehead atoms. The summed E-state index contributed by atoms with van der Waals surface area (Å²) >= 11 is 3.57. The minimum Gasteiger partial charge on any atom is -0.361 e. The predicted octanol–water partition coefficient (Wildman–Crippen LogP) is 3.88. The lowest BCUT2D eigenvalue weighted by molar-refractivity contribution is 0.128. The van der Waals surface area contributed by atoms with Crippen LogP contribution in [0.15, 0.2) is 28.9 Å². The Morgan fingerprint density at radius 1 is 1.33 bits per heavy atom. The van der Waals surface area contributed by atoms with E-state index in [1.54, 1.807) is 0 Å². The van der Waals surface area contributed by atoms with E-state index in [1.807, 2.05) is 0 Å².